The van der Waals surface area contributed by atoms with Crippen LogP contribution in [0, 0.1) is 6.92 Å². The molecule has 1 saturated heterocycles. The molecule has 108 valence electrons. The number of nitrogens with zero attached hydrogens (tertiary/aromatic N) is 2. The van der Waals surface area contributed by atoms with Crippen molar-refractivity contribution in [3.8, 4) is 0 Å². The van der Waals surface area contributed by atoms with Gasteiger partial charge in [-0.1, -0.05) is 5.16 Å². The number of anilines is 1. The molecular weight excluding hydrogens is 272 g/mol. The third-order valence-electron chi connectivity index (χ3n) is 2.74. The number of rotatable bonds is 4. The zero-order valence-corrected chi connectivity index (χ0v) is 11.6. The van der Waals surface area contributed by atoms with Crippen LogP contribution in [-0.2, 0) is 9.53 Å². The molecular formula is C11H19ClN4O3. The maximum Gasteiger partial charge on any atom is 0.240 e. The van der Waals surface area contributed by atoms with Crippen LogP contribution in [0.5, 0.6) is 0 Å². The molecule has 3 N–H and O–H groups in total. The van der Waals surface area contributed by atoms with E-state index in [0.29, 0.717) is 32.1 Å². The summed E-state index contributed by atoms with van der Waals surface area (Å²) in [6.45, 7) is 4.60. The minimum atomic E-state index is -0.121. The molecule has 1 fully saturated rings. The predicted molar refractivity (Wildman–Crippen MR) is 72.4 cm³/mol. The van der Waals surface area contributed by atoms with Gasteiger partial charge >= 0.3 is 0 Å². The van der Waals surface area contributed by atoms with E-state index in [4.69, 9.17) is 15.0 Å². The van der Waals surface area contributed by atoms with Crippen LogP contribution in [-0.4, -0.2) is 54.9 Å². The molecule has 1 aliphatic rings. The van der Waals surface area contributed by atoms with E-state index in [0.717, 1.165) is 12.2 Å². The lowest BCUT2D eigenvalue weighted by Crippen LogP contribution is -2.48. The van der Waals surface area contributed by atoms with E-state index in [2.05, 4.69) is 10.5 Å². The first-order valence-corrected chi connectivity index (χ1v) is 5.94. The van der Waals surface area contributed by atoms with Crippen molar-refractivity contribution in [3.63, 3.8) is 0 Å². The van der Waals surface area contributed by atoms with Crippen LogP contribution < -0.4 is 11.1 Å². The Morgan fingerprint density at radius 2 is 2.47 bits per heavy atom. The number of hydrogen-bond acceptors (Lipinski definition) is 6. The van der Waals surface area contributed by atoms with Gasteiger partial charge in [-0.3, -0.25) is 15.0 Å². The van der Waals surface area contributed by atoms with Gasteiger partial charge in [-0.05, 0) is 6.92 Å². The van der Waals surface area contributed by atoms with Gasteiger partial charge < -0.3 is 15.0 Å². The highest BCUT2D eigenvalue weighted by Crippen LogP contribution is 2.09. The summed E-state index contributed by atoms with van der Waals surface area (Å²) in [5.74, 6) is 0.255. The SMILES string of the molecule is Cc1cc(NC(=O)CN2CCOC(CN)C2)on1.Cl. The third kappa shape index (κ3) is 4.79. The van der Waals surface area contributed by atoms with Crippen molar-refractivity contribution in [2.24, 2.45) is 5.73 Å². The molecule has 1 aliphatic heterocycles. The number of halogens is 1. The molecule has 1 atom stereocenters. The molecule has 1 unspecified atom stereocenters. The second-order valence-corrected chi connectivity index (χ2v) is 4.34. The summed E-state index contributed by atoms with van der Waals surface area (Å²) < 4.78 is 10.4. The summed E-state index contributed by atoms with van der Waals surface area (Å²) in [4.78, 5) is 13.8. The van der Waals surface area contributed by atoms with Crippen molar-refractivity contribution in [1.29, 1.82) is 0 Å². The molecule has 0 bridgehead atoms. The first kappa shape index (κ1) is 15.9. The van der Waals surface area contributed by atoms with Crippen LogP contribution in [0.3, 0.4) is 0 Å². The maximum atomic E-state index is 11.8. The number of carbonyl (C=O) groups excluding carboxylic acids is 1. The van der Waals surface area contributed by atoms with Gasteiger partial charge in [0.05, 0.1) is 24.9 Å². The number of hydrogen-bond donors (Lipinski definition) is 2. The Labute approximate surface area is 117 Å². The van der Waals surface area contributed by atoms with Crippen molar-refractivity contribution < 1.29 is 14.1 Å². The standard InChI is InChI=1S/C11H18N4O3.ClH/c1-8-4-11(18-14-8)13-10(16)7-15-2-3-17-9(5-12)6-15;/h4,9H,2-3,5-7,12H2,1H3,(H,13,16);1H. The van der Waals surface area contributed by atoms with E-state index in [1.54, 1.807) is 13.0 Å². The van der Waals surface area contributed by atoms with Crippen molar-refractivity contribution in [2.75, 3.05) is 38.1 Å². The van der Waals surface area contributed by atoms with Crippen molar-refractivity contribution in [1.82, 2.24) is 10.1 Å². The Morgan fingerprint density at radius 3 is 3.11 bits per heavy atom. The number of morpholine rings is 1. The van der Waals surface area contributed by atoms with E-state index < -0.39 is 0 Å². The molecule has 1 amide bonds. The van der Waals surface area contributed by atoms with E-state index in [1.165, 1.54) is 0 Å². The van der Waals surface area contributed by atoms with Crippen LogP contribution in [0.2, 0.25) is 0 Å². The fourth-order valence-electron chi connectivity index (χ4n) is 1.87. The number of nitrogens with one attached hydrogen (secondary N) is 1. The molecule has 0 aliphatic carbocycles. The Hall–Kier alpha value is -1.15. The number of nitrogens with two attached hydrogens (primary N) is 1. The lowest BCUT2D eigenvalue weighted by atomic mass is 10.2. The second kappa shape index (κ2) is 7.44. The lowest BCUT2D eigenvalue weighted by molar-refractivity contribution is -0.119. The first-order chi connectivity index (χ1) is 8.67. The molecule has 1 aromatic heterocycles. The second-order valence-electron chi connectivity index (χ2n) is 4.34. The van der Waals surface area contributed by atoms with Gasteiger partial charge in [0, 0.05) is 25.7 Å². The smallest absolute Gasteiger partial charge is 0.240 e. The van der Waals surface area contributed by atoms with Crippen molar-refractivity contribution >= 4 is 24.2 Å². The van der Waals surface area contributed by atoms with Crippen LogP contribution in [0.25, 0.3) is 0 Å². The first-order valence-electron chi connectivity index (χ1n) is 5.94. The van der Waals surface area contributed by atoms with Crippen LogP contribution >= 0.6 is 12.4 Å². The largest absolute Gasteiger partial charge is 0.374 e. The van der Waals surface area contributed by atoms with Crippen LogP contribution in [0.4, 0.5) is 5.88 Å². The minimum absolute atomic E-state index is 0. The average molecular weight is 291 g/mol. The highest BCUT2D eigenvalue weighted by Gasteiger charge is 2.21. The Morgan fingerprint density at radius 1 is 1.68 bits per heavy atom. The zero-order chi connectivity index (χ0) is 13.0. The van der Waals surface area contributed by atoms with Gasteiger partial charge in [0.2, 0.25) is 11.8 Å². The molecule has 7 nitrogen and oxygen atoms in total. The highest BCUT2D eigenvalue weighted by molar-refractivity contribution is 5.90. The van der Waals surface area contributed by atoms with Crippen molar-refractivity contribution in [2.45, 2.75) is 13.0 Å². The fraction of sp³-hybridized carbons (Fsp3) is 0.636. The molecule has 1 aromatic rings. The van der Waals surface area contributed by atoms with Gasteiger partial charge in [-0.15, -0.1) is 12.4 Å². The summed E-state index contributed by atoms with van der Waals surface area (Å²) in [5, 5.41) is 6.36. The zero-order valence-electron chi connectivity index (χ0n) is 10.8. The summed E-state index contributed by atoms with van der Waals surface area (Å²) in [7, 11) is 0. The number of carbonyl (C=O) groups is 1. The van der Waals surface area contributed by atoms with Crippen LogP contribution in [0.15, 0.2) is 10.6 Å². The van der Waals surface area contributed by atoms with Crippen molar-refractivity contribution in [3.05, 3.63) is 11.8 Å². The number of amides is 1. The molecule has 2 heterocycles. The lowest BCUT2D eigenvalue weighted by Gasteiger charge is -2.31. The van der Waals surface area contributed by atoms with E-state index in [1.807, 2.05) is 4.90 Å². The van der Waals surface area contributed by atoms with E-state index in [9.17, 15) is 4.79 Å². The summed E-state index contributed by atoms with van der Waals surface area (Å²) in [5.41, 5.74) is 6.28. The third-order valence-corrected chi connectivity index (χ3v) is 2.74. The van der Waals surface area contributed by atoms with Gasteiger partial charge in [0.25, 0.3) is 0 Å². The molecule has 19 heavy (non-hydrogen) atoms. The number of aromatic nitrogens is 1. The quantitative estimate of drug-likeness (QED) is 0.811. The summed E-state index contributed by atoms with van der Waals surface area (Å²) >= 11 is 0. The predicted octanol–water partition coefficient (Wildman–Crippen LogP) is 0.00282. The normalized spacial score (nSPS) is 19.8. The Balaban J connectivity index is 0.00000180. The van der Waals surface area contributed by atoms with Gasteiger partial charge in [-0.25, -0.2) is 0 Å². The monoisotopic (exact) mass is 290 g/mol. The number of aryl methyl sites for hydroxylation is 1. The van der Waals surface area contributed by atoms with Gasteiger partial charge in [0.15, 0.2) is 0 Å². The maximum absolute atomic E-state index is 11.8. The Kier molecular flexibility index (Phi) is 6.23. The minimum Gasteiger partial charge on any atom is -0.374 e. The molecule has 2 rings (SSSR count). The van der Waals surface area contributed by atoms with Crippen LogP contribution in [0.1, 0.15) is 5.69 Å². The number of ether oxygens (including phenoxy) is 1. The fourth-order valence-corrected chi connectivity index (χ4v) is 1.87. The molecule has 0 spiro atoms. The average Bonchev–Trinajstić information content (AvgIpc) is 2.74. The van der Waals surface area contributed by atoms with E-state index >= 15 is 0 Å². The molecule has 0 saturated carbocycles. The molecule has 0 aromatic carbocycles. The van der Waals surface area contributed by atoms with Gasteiger partial charge in [-0.2, -0.15) is 0 Å². The Bertz CT molecular complexity index is 412. The molecule has 0 radical (unpaired) electrons. The van der Waals surface area contributed by atoms with E-state index in [-0.39, 0.29) is 24.4 Å². The molecule has 8 heteroatoms. The summed E-state index contributed by atoms with van der Waals surface area (Å²) in [6, 6.07) is 1.68. The highest BCUT2D eigenvalue weighted by atomic mass is 35.5. The topological polar surface area (TPSA) is 93.6 Å². The van der Waals surface area contributed by atoms with Gasteiger partial charge in [0.1, 0.15) is 0 Å². The summed E-state index contributed by atoms with van der Waals surface area (Å²) in [6.07, 6.45) is 0.0130.